The molecule has 1 heterocycles. The zero-order chi connectivity index (χ0) is 6.81. The molecule has 1 saturated heterocycles. The lowest BCUT2D eigenvalue weighted by Crippen LogP contribution is -2.46. The van der Waals surface area contributed by atoms with Gasteiger partial charge in [0, 0.05) is 19.2 Å². The van der Waals surface area contributed by atoms with E-state index in [0.717, 1.165) is 31.7 Å². The lowest BCUT2D eigenvalue weighted by molar-refractivity contribution is 0.0633. The molecule has 2 fully saturated rings. The molecule has 0 radical (unpaired) electrons. The molecule has 0 aromatic rings. The predicted molar refractivity (Wildman–Crippen MR) is 40.0 cm³/mol. The molecule has 0 bridgehead atoms. The van der Waals surface area contributed by atoms with Gasteiger partial charge in [-0.25, -0.2) is 0 Å². The Morgan fingerprint density at radius 1 is 1.10 bits per heavy atom. The van der Waals surface area contributed by atoms with Gasteiger partial charge < -0.3 is 10.1 Å². The maximum Gasteiger partial charge on any atom is 0.0591 e. The summed E-state index contributed by atoms with van der Waals surface area (Å²) in [7, 11) is 0. The molecule has 0 aromatic carbocycles. The van der Waals surface area contributed by atoms with Crippen molar-refractivity contribution in [3.63, 3.8) is 0 Å². The van der Waals surface area contributed by atoms with Crippen LogP contribution in [0.4, 0.5) is 0 Å². The quantitative estimate of drug-likeness (QED) is 0.538. The molecule has 2 atom stereocenters. The average molecular weight is 141 g/mol. The summed E-state index contributed by atoms with van der Waals surface area (Å²) in [6.07, 6.45) is 4.09. The molecule has 0 spiro atoms. The van der Waals surface area contributed by atoms with E-state index in [4.69, 9.17) is 4.74 Å². The summed E-state index contributed by atoms with van der Waals surface area (Å²) in [6, 6.07) is 0.837. The Kier molecular flexibility index (Phi) is 1.91. The smallest absolute Gasteiger partial charge is 0.0591 e. The van der Waals surface area contributed by atoms with Crippen molar-refractivity contribution >= 4 is 0 Å². The van der Waals surface area contributed by atoms with Gasteiger partial charge in [-0.1, -0.05) is 0 Å². The first-order valence-electron chi connectivity index (χ1n) is 4.28. The third kappa shape index (κ3) is 1.18. The van der Waals surface area contributed by atoms with Gasteiger partial charge in [0.05, 0.1) is 6.61 Å². The van der Waals surface area contributed by atoms with Crippen molar-refractivity contribution in [2.45, 2.75) is 25.3 Å². The van der Waals surface area contributed by atoms with Crippen LogP contribution in [0.5, 0.6) is 0 Å². The Morgan fingerprint density at radius 3 is 2.90 bits per heavy atom. The van der Waals surface area contributed by atoms with E-state index in [-0.39, 0.29) is 0 Å². The maximum absolute atomic E-state index is 5.36. The van der Waals surface area contributed by atoms with Crippen LogP contribution in [0, 0.1) is 5.92 Å². The zero-order valence-electron chi connectivity index (χ0n) is 6.31. The van der Waals surface area contributed by atoms with E-state index in [1.165, 1.54) is 19.3 Å². The molecule has 0 aromatic heterocycles. The van der Waals surface area contributed by atoms with Crippen molar-refractivity contribution in [3.05, 3.63) is 0 Å². The molecule has 2 nitrogen and oxygen atoms in total. The van der Waals surface area contributed by atoms with Crippen LogP contribution in [0.2, 0.25) is 0 Å². The van der Waals surface area contributed by atoms with Gasteiger partial charge in [-0.05, 0) is 25.2 Å². The third-order valence-corrected chi connectivity index (χ3v) is 2.70. The van der Waals surface area contributed by atoms with E-state index < -0.39 is 0 Å². The fourth-order valence-electron chi connectivity index (χ4n) is 1.84. The summed E-state index contributed by atoms with van der Waals surface area (Å²) in [6.45, 7) is 2.95. The normalized spacial score (nSPS) is 40.8. The first kappa shape index (κ1) is 6.62. The summed E-state index contributed by atoms with van der Waals surface area (Å²) >= 11 is 0. The summed E-state index contributed by atoms with van der Waals surface area (Å²) in [5.41, 5.74) is 0. The Hall–Kier alpha value is -0.0800. The first-order chi connectivity index (χ1) is 4.97. The monoisotopic (exact) mass is 141 g/mol. The molecule has 1 saturated carbocycles. The summed E-state index contributed by atoms with van der Waals surface area (Å²) in [4.78, 5) is 0. The molecule has 2 unspecified atom stereocenters. The number of fused-ring (bicyclic) bond motifs is 1. The van der Waals surface area contributed by atoms with Crippen molar-refractivity contribution in [2.24, 2.45) is 5.92 Å². The van der Waals surface area contributed by atoms with Crippen molar-refractivity contribution in [3.8, 4) is 0 Å². The lowest BCUT2D eigenvalue weighted by Gasteiger charge is -2.38. The number of nitrogens with one attached hydrogen (secondary N) is 1. The SMILES string of the molecule is C1COCCC2CCC2N1. The van der Waals surface area contributed by atoms with Crippen molar-refractivity contribution < 1.29 is 4.74 Å². The van der Waals surface area contributed by atoms with Crippen molar-refractivity contribution in [2.75, 3.05) is 19.8 Å². The Labute approximate surface area is 61.9 Å². The Morgan fingerprint density at radius 2 is 2.10 bits per heavy atom. The van der Waals surface area contributed by atoms with Gasteiger partial charge in [-0.3, -0.25) is 0 Å². The molecule has 2 aliphatic rings. The molecular weight excluding hydrogens is 126 g/mol. The number of ether oxygens (including phenoxy) is 1. The van der Waals surface area contributed by atoms with Gasteiger partial charge in [-0.2, -0.15) is 0 Å². The fraction of sp³-hybridized carbons (Fsp3) is 1.00. The molecular formula is C8H15NO. The summed E-state index contributed by atoms with van der Waals surface area (Å²) in [5, 5.41) is 3.50. The highest BCUT2D eigenvalue weighted by Gasteiger charge is 2.30. The minimum absolute atomic E-state index is 0.837. The van der Waals surface area contributed by atoms with Gasteiger partial charge in [0.15, 0.2) is 0 Å². The van der Waals surface area contributed by atoms with Gasteiger partial charge in [-0.15, -0.1) is 0 Å². The molecule has 1 N–H and O–H groups in total. The van der Waals surface area contributed by atoms with Crippen molar-refractivity contribution in [1.29, 1.82) is 0 Å². The minimum Gasteiger partial charge on any atom is -0.380 e. The van der Waals surface area contributed by atoms with E-state index in [1.54, 1.807) is 0 Å². The summed E-state index contributed by atoms with van der Waals surface area (Å²) < 4.78 is 5.36. The highest BCUT2D eigenvalue weighted by molar-refractivity contribution is 4.87. The van der Waals surface area contributed by atoms with Crippen LogP contribution in [0.15, 0.2) is 0 Å². The first-order valence-corrected chi connectivity index (χ1v) is 4.28. The maximum atomic E-state index is 5.36. The Bertz CT molecular complexity index is 102. The average Bonchev–Trinajstić information content (AvgIpc) is 1.89. The van der Waals surface area contributed by atoms with Gasteiger partial charge in [0.1, 0.15) is 0 Å². The van der Waals surface area contributed by atoms with E-state index in [9.17, 15) is 0 Å². The fourth-order valence-corrected chi connectivity index (χ4v) is 1.84. The van der Waals surface area contributed by atoms with Crippen LogP contribution in [0.25, 0.3) is 0 Å². The molecule has 58 valence electrons. The number of hydrogen-bond acceptors (Lipinski definition) is 2. The van der Waals surface area contributed by atoms with E-state index >= 15 is 0 Å². The van der Waals surface area contributed by atoms with Crippen LogP contribution < -0.4 is 5.32 Å². The predicted octanol–water partition coefficient (Wildman–Crippen LogP) is 0.775. The molecule has 1 aliphatic heterocycles. The molecule has 2 rings (SSSR count). The van der Waals surface area contributed by atoms with Crippen LogP contribution in [-0.4, -0.2) is 25.8 Å². The molecule has 2 heteroatoms. The van der Waals surface area contributed by atoms with Crippen LogP contribution in [-0.2, 0) is 4.74 Å². The largest absolute Gasteiger partial charge is 0.380 e. The highest BCUT2D eigenvalue weighted by Crippen LogP contribution is 2.30. The van der Waals surface area contributed by atoms with E-state index in [1.807, 2.05) is 0 Å². The minimum atomic E-state index is 0.837. The van der Waals surface area contributed by atoms with Crippen LogP contribution in [0.1, 0.15) is 19.3 Å². The van der Waals surface area contributed by atoms with Gasteiger partial charge in [0.2, 0.25) is 0 Å². The van der Waals surface area contributed by atoms with Crippen LogP contribution in [0.3, 0.4) is 0 Å². The molecule has 1 aliphatic carbocycles. The topological polar surface area (TPSA) is 21.3 Å². The van der Waals surface area contributed by atoms with Gasteiger partial charge in [0.25, 0.3) is 0 Å². The Balaban J connectivity index is 1.83. The lowest BCUT2D eigenvalue weighted by atomic mass is 9.77. The second-order valence-electron chi connectivity index (χ2n) is 3.30. The van der Waals surface area contributed by atoms with Gasteiger partial charge >= 0.3 is 0 Å². The van der Waals surface area contributed by atoms with E-state index in [2.05, 4.69) is 5.32 Å². The van der Waals surface area contributed by atoms with Crippen molar-refractivity contribution in [1.82, 2.24) is 5.32 Å². The zero-order valence-corrected chi connectivity index (χ0v) is 6.31. The third-order valence-electron chi connectivity index (χ3n) is 2.70. The number of rotatable bonds is 0. The molecule has 10 heavy (non-hydrogen) atoms. The van der Waals surface area contributed by atoms with E-state index in [0.29, 0.717) is 0 Å². The molecule has 0 amide bonds. The van der Waals surface area contributed by atoms with Crippen LogP contribution >= 0.6 is 0 Å². The second kappa shape index (κ2) is 2.89. The summed E-state index contributed by atoms with van der Waals surface area (Å²) in [5.74, 6) is 0.931. The second-order valence-corrected chi connectivity index (χ2v) is 3.30. The number of hydrogen-bond donors (Lipinski definition) is 1. The highest BCUT2D eigenvalue weighted by atomic mass is 16.5. The standard InChI is InChI=1S/C8H15NO/c1-2-8-7(1)3-5-10-6-4-9-8/h7-9H,1-6H2.